The minimum absolute atomic E-state index is 0.0972. The Labute approximate surface area is 127 Å². The third-order valence-corrected chi connectivity index (χ3v) is 3.95. The van der Waals surface area contributed by atoms with Crippen LogP contribution in [0, 0.1) is 11.3 Å². The average molecular weight is 287 g/mol. The van der Waals surface area contributed by atoms with Gasteiger partial charge in [-0.05, 0) is 57.5 Å². The van der Waals surface area contributed by atoms with E-state index in [1.54, 1.807) is 0 Å². The van der Waals surface area contributed by atoms with Gasteiger partial charge in [0.15, 0.2) is 6.61 Å². The van der Waals surface area contributed by atoms with Crippen molar-refractivity contribution in [3.63, 3.8) is 0 Å². The van der Waals surface area contributed by atoms with Gasteiger partial charge in [0, 0.05) is 18.6 Å². The molecule has 1 aliphatic rings. The first-order valence-corrected chi connectivity index (χ1v) is 7.77. The Morgan fingerprint density at radius 2 is 1.90 bits per heavy atom. The van der Waals surface area contributed by atoms with E-state index in [1.165, 1.54) is 31.5 Å². The molecule has 0 amide bonds. The van der Waals surface area contributed by atoms with Gasteiger partial charge in [-0.15, -0.1) is 0 Å². The lowest BCUT2D eigenvalue weighted by molar-refractivity contribution is 0.289. The summed E-state index contributed by atoms with van der Waals surface area (Å²) in [4.78, 5) is 2.53. The lowest BCUT2D eigenvalue weighted by Crippen LogP contribution is -2.39. The predicted molar refractivity (Wildman–Crippen MR) is 84.2 cm³/mol. The molecule has 21 heavy (non-hydrogen) atoms. The van der Waals surface area contributed by atoms with Gasteiger partial charge in [0.1, 0.15) is 11.8 Å². The number of hydrogen-bond acceptors (Lipinski definition) is 4. The van der Waals surface area contributed by atoms with Crippen molar-refractivity contribution in [1.29, 1.82) is 5.26 Å². The van der Waals surface area contributed by atoms with Crippen LogP contribution in [-0.2, 0) is 0 Å². The molecule has 0 bridgehead atoms. The number of hydrogen-bond donors (Lipinski definition) is 1. The third kappa shape index (κ3) is 5.04. The van der Waals surface area contributed by atoms with Crippen molar-refractivity contribution < 1.29 is 4.74 Å². The van der Waals surface area contributed by atoms with E-state index in [-0.39, 0.29) is 6.61 Å². The van der Waals surface area contributed by atoms with E-state index in [9.17, 15) is 0 Å². The highest BCUT2D eigenvalue weighted by Gasteiger charge is 2.16. The van der Waals surface area contributed by atoms with Gasteiger partial charge in [0.2, 0.25) is 0 Å². The maximum Gasteiger partial charge on any atom is 0.174 e. The lowest BCUT2D eigenvalue weighted by atomic mass is 10.1. The molecule has 0 spiro atoms. The monoisotopic (exact) mass is 287 g/mol. The van der Waals surface area contributed by atoms with E-state index in [0.29, 0.717) is 12.1 Å². The number of nitriles is 1. The van der Waals surface area contributed by atoms with Crippen LogP contribution in [0.15, 0.2) is 24.3 Å². The summed E-state index contributed by atoms with van der Waals surface area (Å²) in [7, 11) is 0. The van der Waals surface area contributed by atoms with Crippen molar-refractivity contribution in [1.82, 2.24) is 10.2 Å². The molecule has 4 heteroatoms. The van der Waals surface area contributed by atoms with Crippen LogP contribution in [-0.4, -0.2) is 37.2 Å². The van der Waals surface area contributed by atoms with Gasteiger partial charge in [0.05, 0.1) is 0 Å². The molecule has 114 valence electrons. The Morgan fingerprint density at radius 3 is 2.52 bits per heavy atom. The molecule has 1 aromatic rings. The van der Waals surface area contributed by atoms with Gasteiger partial charge < -0.3 is 15.0 Å². The third-order valence-electron chi connectivity index (χ3n) is 3.95. The van der Waals surface area contributed by atoms with Gasteiger partial charge in [-0.1, -0.05) is 12.1 Å². The maximum absolute atomic E-state index is 8.50. The second-order valence-electron chi connectivity index (χ2n) is 5.81. The molecular weight excluding hydrogens is 262 g/mol. The molecule has 1 fully saturated rings. The highest BCUT2D eigenvalue weighted by atomic mass is 16.5. The van der Waals surface area contributed by atoms with Crippen molar-refractivity contribution in [3.8, 4) is 11.8 Å². The van der Waals surface area contributed by atoms with Crippen LogP contribution < -0.4 is 10.1 Å². The van der Waals surface area contributed by atoms with Crippen LogP contribution in [0.25, 0.3) is 0 Å². The van der Waals surface area contributed by atoms with Gasteiger partial charge in [-0.2, -0.15) is 5.26 Å². The smallest absolute Gasteiger partial charge is 0.174 e. The van der Waals surface area contributed by atoms with Crippen LogP contribution in [0.1, 0.15) is 38.3 Å². The van der Waals surface area contributed by atoms with Crippen LogP contribution in [0.4, 0.5) is 0 Å². The molecule has 0 aliphatic carbocycles. The van der Waals surface area contributed by atoms with Crippen molar-refractivity contribution in [2.45, 2.75) is 38.8 Å². The van der Waals surface area contributed by atoms with Crippen molar-refractivity contribution in [2.24, 2.45) is 0 Å². The summed E-state index contributed by atoms with van der Waals surface area (Å²) in [5, 5.41) is 12.1. The zero-order chi connectivity index (χ0) is 15.1. The summed E-state index contributed by atoms with van der Waals surface area (Å²) in [6.45, 7) is 8.13. The topological polar surface area (TPSA) is 48.3 Å². The highest BCUT2D eigenvalue weighted by molar-refractivity contribution is 5.29. The second-order valence-corrected chi connectivity index (χ2v) is 5.81. The molecule has 2 rings (SSSR count). The Kier molecular flexibility index (Phi) is 6.04. The van der Waals surface area contributed by atoms with Crippen LogP contribution >= 0.6 is 0 Å². The predicted octanol–water partition coefficient (Wildman–Crippen LogP) is 2.72. The van der Waals surface area contributed by atoms with Crippen molar-refractivity contribution in [2.75, 3.05) is 26.2 Å². The average Bonchev–Trinajstić information content (AvgIpc) is 2.98. The molecule has 0 aromatic heterocycles. The Balaban J connectivity index is 1.81. The van der Waals surface area contributed by atoms with Crippen LogP contribution in [0.3, 0.4) is 0 Å². The molecular formula is C17H25N3O. The number of rotatable bonds is 7. The van der Waals surface area contributed by atoms with Gasteiger partial charge >= 0.3 is 0 Å². The molecule has 1 saturated heterocycles. The van der Waals surface area contributed by atoms with E-state index >= 15 is 0 Å². The first-order valence-electron chi connectivity index (χ1n) is 7.77. The molecule has 1 N–H and O–H groups in total. The second kappa shape index (κ2) is 8.02. The first-order chi connectivity index (χ1) is 10.2. The van der Waals surface area contributed by atoms with E-state index in [4.69, 9.17) is 10.00 Å². The zero-order valence-electron chi connectivity index (χ0n) is 13.0. The standard InChI is InChI=1S/C17H25N3O/c1-14(13-20-10-3-4-11-20)19-15(2)16-5-7-17(8-6-16)21-12-9-18/h5-8,14-15,19H,3-4,10-13H2,1-2H3. The minimum atomic E-state index is 0.0972. The minimum Gasteiger partial charge on any atom is -0.479 e. The number of likely N-dealkylation sites (tertiary alicyclic amines) is 1. The van der Waals surface area contributed by atoms with Gasteiger partial charge in [-0.3, -0.25) is 0 Å². The molecule has 4 nitrogen and oxygen atoms in total. The Bertz CT molecular complexity index is 460. The number of nitrogens with one attached hydrogen (secondary N) is 1. The zero-order valence-corrected chi connectivity index (χ0v) is 13.0. The van der Waals surface area contributed by atoms with Crippen LogP contribution in [0.2, 0.25) is 0 Å². The summed E-state index contributed by atoms with van der Waals surface area (Å²) in [6.07, 6.45) is 2.68. The molecule has 2 unspecified atom stereocenters. The van der Waals surface area contributed by atoms with Crippen molar-refractivity contribution in [3.05, 3.63) is 29.8 Å². The first kappa shape index (κ1) is 15.8. The van der Waals surface area contributed by atoms with E-state index in [0.717, 1.165) is 12.3 Å². The maximum atomic E-state index is 8.50. The molecule has 2 atom stereocenters. The largest absolute Gasteiger partial charge is 0.479 e. The van der Waals surface area contributed by atoms with Gasteiger partial charge in [0.25, 0.3) is 0 Å². The van der Waals surface area contributed by atoms with E-state index in [2.05, 4.69) is 36.2 Å². The number of nitrogens with zero attached hydrogens (tertiary/aromatic N) is 2. The highest BCUT2D eigenvalue weighted by Crippen LogP contribution is 2.18. The molecule has 1 heterocycles. The summed E-state index contributed by atoms with van der Waals surface area (Å²) in [5.41, 5.74) is 1.24. The van der Waals surface area contributed by atoms with Crippen LogP contribution in [0.5, 0.6) is 5.75 Å². The van der Waals surface area contributed by atoms with E-state index < -0.39 is 0 Å². The lowest BCUT2D eigenvalue weighted by Gasteiger charge is -2.25. The summed E-state index contributed by atoms with van der Waals surface area (Å²) >= 11 is 0. The fourth-order valence-corrected chi connectivity index (χ4v) is 2.90. The van der Waals surface area contributed by atoms with E-state index in [1.807, 2.05) is 18.2 Å². The normalized spacial score (nSPS) is 18.1. The Morgan fingerprint density at radius 1 is 1.24 bits per heavy atom. The summed E-state index contributed by atoms with van der Waals surface area (Å²) < 4.78 is 5.27. The number of benzene rings is 1. The fourth-order valence-electron chi connectivity index (χ4n) is 2.90. The molecule has 0 radical (unpaired) electrons. The summed E-state index contributed by atoms with van der Waals surface area (Å²) in [5.74, 6) is 0.748. The summed E-state index contributed by atoms with van der Waals surface area (Å²) in [6, 6.07) is 10.7. The molecule has 1 aromatic carbocycles. The SMILES string of the molecule is CC(CN1CCCC1)NC(C)c1ccc(OCC#N)cc1. The molecule has 1 aliphatic heterocycles. The fraction of sp³-hybridized carbons (Fsp3) is 0.588. The van der Waals surface area contributed by atoms with Gasteiger partial charge in [-0.25, -0.2) is 0 Å². The molecule has 0 saturated carbocycles. The Hall–Kier alpha value is -1.57. The van der Waals surface area contributed by atoms with Crippen molar-refractivity contribution >= 4 is 0 Å². The quantitative estimate of drug-likeness (QED) is 0.837. The number of ether oxygens (including phenoxy) is 1.